The first-order chi connectivity index (χ1) is 29.7. The lowest BCUT2D eigenvalue weighted by molar-refractivity contribution is 1.08. The first-order valence-electron chi connectivity index (χ1n) is 20.3. The van der Waals surface area contributed by atoms with Gasteiger partial charge < -0.3 is 0 Å². The second-order valence-corrected chi connectivity index (χ2v) is 15.2. The summed E-state index contributed by atoms with van der Waals surface area (Å²) in [6.45, 7) is 0. The molecule has 0 radical (unpaired) electrons. The van der Waals surface area contributed by atoms with E-state index in [0.717, 1.165) is 38.6 Å². The highest BCUT2D eigenvalue weighted by atomic mass is 15.0. The number of benzene rings is 10. The van der Waals surface area contributed by atoms with Crippen molar-refractivity contribution in [3.8, 4) is 78.7 Å². The minimum absolute atomic E-state index is 0.629. The van der Waals surface area contributed by atoms with Gasteiger partial charge in [-0.15, -0.1) is 0 Å². The van der Waals surface area contributed by atoms with Crippen molar-refractivity contribution in [2.24, 2.45) is 0 Å². The summed E-state index contributed by atoms with van der Waals surface area (Å²) in [6, 6.07) is 79.6. The molecule has 0 spiro atoms. The van der Waals surface area contributed by atoms with Gasteiger partial charge in [-0.25, -0.2) is 15.0 Å². The quantitative estimate of drug-likeness (QED) is 0.162. The van der Waals surface area contributed by atoms with Crippen LogP contribution in [-0.2, 0) is 0 Å². The van der Waals surface area contributed by atoms with E-state index in [1.165, 1.54) is 54.9 Å². The minimum Gasteiger partial charge on any atom is -0.208 e. The average molecular weight is 764 g/mol. The van der Waals surface area contributed by atoms with E-state index in [1.54, 1.807) is 0 Å². The molecule has 11 aromatic rings. The maximum Gasteiger partial charge on any atom is 0.164 e. The Balaban J connectivity index is 0.986. The Labute approximate surface area is 349 Å². The molecule has 1 aromatic heterocycles. The third-order valence-electron chi connectivity index (χ3n) is 11.5. The lowest BCUT2D eigenvalue weighted by atomic mass is 9.96. The van der Waals surface area contributed by atoms with E-state index in [1.807, 2.05) is 0 Å². The van der Waals surface area contributed by atoms with Crippen LogP contribution in [0.4, 0.5) is 0 Å². The van der Waals surface area contributed by atoms with Crippen LogP contribution in [0.15, 0.2) is 224 Å². The van der Waals surface area contributed by atoms with Crippen molar-refractivity contribution in [1.82, 2.24) is 15.0 Å². The molecular weight excluding hydrogens is 727 g/mol. The SMILES string of the molecule is c1ccc(-c2ccc3cc(-c4nc(-c5ccc(-c6ccc(-c7cccc8ccccc78)cc6)cc5)nc(-c5ccc6cccc(-c7ccccc7)c6c5)n4)ccc3c2)cc1. The van der Waals surface area contributed by atoms with E-state index >= 15 is 0 Å². The van der Waals surface area contributed by atoms with Crippen LogP contribution < -0.4 is 0 Å². The van der Waals surface area contributed by atoms with Crippen LogP contribution in [0.25, 0.3) is 111 Å². The highest BCUT2D eigenvalue weighted by molar-refractivity contribution is 5.99. The summed E-state index contributed by atoms with van der Waals surface area (Å²) in [5.41, 5.74) is 12.3. The summed E-state index contributed by atoms with van der Waals surface area (Å²) < 4.78 is 0. The Hall–Kier alpha value is -8.01. The van der Waals surface area contributed by atoms with Gasteiger partial charge in [-0.05, 0) is 95.0 Å². The fraction of sp³-hybridized carbons (Fsp3) is 0. The van der Waals surface area contributed by atoms with Crippen molar-refractivity contribution < 1.29 is 0 Å². The predicted molar refractivity (Wildman–Crippen MR) is 250 cm³/mol. The van der Waals surface area contributed by atoms with Crippen LogP contribution in [0.1, 0.15) is 0 Å². The number of fused-ring (bicyclic) bond motifs is 3. The molecule has 0 fully saturated rings. The second kappa shape index (κ2) is 15.1. The van der Waals surface area contributed by atoms with Gasteiger partial charge in [0.2, 0.25) is 0 Å². The van der Waals surface area contributed by atoms with Gasteiger partial charge in [0, 0.05) is 16.7 Å². The van der Waals surface area contributed by atoms with Crippen molar-refractivity contribution in [3.05, 3.63) is 224 Å². The van der Waals surface area contributed by atoms with Crippen LogP contribution in [0, 0.1) is 0 Å². The highest BCUT2D eigenvalue weighted by Crippen LogP contribution is 2.35. The molecule has 0 atom stereocenters. The molecule has 11 rings (SSSR count). The van der Waals surface area contributed by atoms with E-state index in [9.17, 15) is 0 Å². The minimum atomic E-state index is 0.629. The summed E-state index contributed by atoms with van der Waals surface area (Å²) in [7, 11) is 0. The molecule has 0 amide bonds. The smallest absolute Gasteiger partial charge is 0.164 e. The standard InChI is InChI=1S/C57H37N3/c1-3-11-38(12-4-1)46-30-31-48-36-49(34-32-47(48)35-46)56-58-55(59-57(60-56)50-33-27-43-17-10-20-53(54(43)37-50)41-13-5-2-6-14-41)45-28-23-40(24-29-45)39-21-25-44(26-22-39)52-19-9-16-42-15-7-8-18-51(42)52/h1-37H. The number of hydrogen-bond donors (Lipinski definition) is 0. The average Bonchev–Trinajstić information content (AvgIpc) is 3.33. The maximum absolute atomic E-state index is 5.18. The largest absolute Gasteiger partial charge is 0.208 e. The fourth-order valence-corrected chi connectivity index (χ4v) is 8.37. The molecule has 0 saturated heterocycles. The zero-order chi connectivity index (χ0) is 39.8. The van der Waals surface area contributed by atoms with Gasteiger partial charge in [0.25, 0.3) is 0 Å². The number of aromatic nitrogens is 3. The highest BCUT2D eigenvalue weighted by Gasteiger charge is 2.15. The molecule has 3 heteroatoms. The molecule has 0 unspecified atom stereocenters. The van der Waals surface area contributed by atoms with Crippen molar-refractivity contribution in [2.75, 3.05) is 0 Å². The van der Waals surface area contributed by atoms with E-state index < -0.39 is 0 Å². The molecule has 280 valence electrons. The summed E-state index contributed by atoms with van der Waals surface area (Å²) in [5.74, 6) is 1.89. The predicted octanol–water partition coefficient (Wildman–Crippen LogP) is 15.0. The van der Waals surface area contributed by atoms with Crippen LogP contribution in [0.5, 0.6) is 0 Å². The summed E-state index contributed by atoms with van der Waals surface area (Å²) in [5, 5.41) is 7.12. The number of rotatable bonds is 7. The molecule has 0 N–H and O–H groups in total. The lowest BCUT2D eigenvalue weighted by Crippen LogP contribution is -2.00. The monoisotopic (exact) mass is 763 g/mol. The fourth-order valence-electron chi connectivity index (χ4n) is 8.37. The molecule has 0 aliphatic rings. The van der Waals surface area contributed by atoms with Gasteiger partial charge in [-0.3, -0.25) is 0 Å². The van der Waals surface area contributed by atoms with E-state index in [-0.39, 0.29) is 0 Å². The van der Waals surface area contributed by atoms with E-state index in [2.05, 4.69) is 224 Å². The molecule has 60 heavy (non-hydrogen) atoms. The van der Waals surface area contributed by atoms with Gasteiger partial charge in [0.15, 0.2) is 17.5 Å². The van der Waals surface area contributed by atoms with Crippen molar-refractivity contribution in [3.63, 3.8) is 0 Å². The molecule has 0 bridgehead atoms. The Bertz CT molecular complexity index is 3330. The molecule has 0 saturated carbocycles. The van der Waals surface area contributed by atoms with Gasteiger partial charge >= 0.3 is 0 Å². The Kier molecular flexibility index (Phi) is 8.83. The van der Waals surface area contributed by atoms with Gasteiger partial charge in [0.05, 0.1) is 0 Å². The summed E-state index contributed by atoms with van der Waals surface area (Å²) in [4.78, 5) is 15.5. The Morgan fingerprint density at radius 2 is 0.583 bits per heavy atom. The zero-order valence-corrected chi connectivity index (χ0v) is 32.7. The normalized spacial score (nSPS) is 11.3. The van der Waals surface area contributed by atoms with E-state index in [0.29, 0.717) is 17.5 Å². The van der Waals surface area contributed by atoms with Crippen molar-refractivity contribution in [2.45, 2.75) is 0 Å². The van der Waals surface area contributed by atoms with Gasteiger partial charge in [0.1, 0.15) is 0 Å². The van der Waals surface area contributed by atoms with Crippen molar-refractivity contribution >= 4 is 32.3 Å². The molecule has 0 aliphatic heterocycles. The lowest BCUT2D eigenvalue weighted by Gasteiger charge is -2.12. The Morgan fingerprint density at radius 3 is 1.23 bits per heavy atom. The van der Waals surface area contributed by atoms with Crippen LogP contribution in [0.2, 0.25) is 0 Å². The van der Waals surface area contributed by atoms with Gasteiger partial charge in [-0.1, -0.05) is 206 Å². The maximum atomic E-state index is 5.18. The molecule has 0 aliphatic carbocycles. The summed E-state index contributed by atoms with van der Waals surface area (Å²) >= 11 is 0. The Morgan fingerprint density at radius 1 is 0.200 bits per heavy atom. The van der Waals surface area contributed by atoms with Gasteiger partial charge in [-0.2, -0.15) is 0 Å². The van der Waals surface area contributed by atoms with Crippen LogP contribution in [-0.4, -0.2) is 15.0 Å². The van der Waals surface area contributed by atoms with E-state index in [4.69, 9.17) is 15.0 Å². The number of hydrogen-bond acceptors (Lipinski definition) is 3. The van der Waals surface area contributed by atoms with Crippen LogP contribution >= 0.6 is 0 Å². The van der Waals surface area contributed by atoms with Crippen LogP contribution in [0.3, 0.4) is 0 Å². The summed E-state index contributed by atoms with van der Waals surface area (Å²) in [6.07, 6.45) is 0. The molecule has 3 nitrogen and oxygen atoms in total. The topological polar surface area (TPSA) is 38.7 Å². The van der Waals surface area contributed by atoms with Crippen molar-refractivity contribution in [1.29, 1.82) is 0 Å². The molecule has 1 heterocycles. The molecular formula is C57H37N3. The zero-order valence-electron chi connectivity index (χ0n) is 32.7. The first kappa shape index (κ1) is 35.2. The molecule has 10 aromatic carbocycles. The first-order valence-corrected chi connectivity index (χ1v) is 20.3. The third kappa shape index (κ3) is 6.68. The third-order valence-corrected chi connectivity index (χ3v) is 11.5. The second-order valence-electron chi connectivity index (χ2n) is 15.2. The number of nitrogens with zero attached hydrogens (tertiary/aromatic N) is 3.